The van der Waals surface area contributed by atoms with Gasteiger partial charge < -0.3 is 10.2 Å². The minimum absolute atomic E-state index is 0.532. The first-order valence-corrected chi connectivity index (χ1v) is 6.42. The van der Waals surface area contributed by atoms with Crippen LogP contribution in [-0.4, -0.2) is 56.6 Å². The number of rotatable bonds is 4. The third kappa shape index (κ3) is 3.53. The summed E-state index contributed by atoms with van der Waals surface area (Å²) in [5.41, 5.74) is 1.43. The quantitative estimate of drug-likeness (QED) is 0.843. The van der Waals surface area contributed by atoms with Crippen molar-refractivity contribution in [1.82, 2.24) is 15.1 Å². The lowest BCUT2D eigenvalue weighted by molar-refractivity contribution is 0.149. The summed E-state index contributed by atoms with van der Waals surface area (Å²) in [6.07, 6.45) is 0. The van der Waals surface area contributed by atoms with E-state index in [2.05, 4.69) is 59.5 Å². The maximum atomic E-state index is 3.50. The molecule has 94 valence electrons. The number of nitrogens with one attached hydrogen (secondary N) is 1. The smallest absolute Gasteiger partial charge is 0.0473 e. The van der Waals surface area contributed by atoms with Gasteiger partial charge in [0.15, 0.2) is 0 Å². The van der Waals surface area contributed by atoms with Crippen molar-refractivity contribution < 1.29 is 0 Å². The Morgan fingerprint density at radius 3 is 2.76 bits per heavy atom. The van der Waals surface area contributed by atoms with Crippen LogP contribution in [0.1, 0.15) is 11.6 Å². The van der Waals surface area contributed by atoms with Crippen molar-refractivity contribution in [3.8, 4) is 0 Å². The molecule has 2 rings (SSSR count). The average Bonchev–Trinajstić information content (AvgIpc) is 2.38. The first-order chi connectivity index (χ1) is 8.27. The van der Waals surface area contributed by atoms with E-state index in [1.165, 1.54) is 5.56 Å². The molecule has 1 heterocycles. The van der Waals surface area contributed by atoms with Gasteiger partial charge in [-0.2, -0.15) is 0 Å². The molecule has 1 unspecified atom stereocenters. The second-order valence-electron chi connectivity index (χ2n) is 4.97. The number of hydrogen-bond acceptors (Lipinski definition) is 3. The largest absolute Gasteiger partial charge is 0.314 e. The summed E-state index contributed by atoms with van der Waals surface area (Å²) in [5, 5.41) is 3.50. The predicted molar refractivity (Wildman–Crippen MR) is 72.2 cm³/mol. The van der Waals surface area contributed by atoms with E-state index < -0.39 is 0 Å². The third-order valence-electron chi connectivity index (χ3n) is 3.37. The fraction of sp³-hybridized carbons (Fsp3) is 0.571. The van der Waals surface area contributed by atoms with Gasteiger partial charge in [-0.05, 0) is 19.7 Å². The molecular formula is C14H23N3. The number of benzene rings is 1. The van der Waals surface area contributed by atoms with Crippen LogP contribution in [0.25, 0.3) is 0 Å². The van der Waals surface area contributed by atoms with Crippen LogP contribution in [0, 0.1) is 0 Å². The standard InChI is InChI=1S/C14H23N3/c1-16(2)10-11-17-9-8-15-12-14(17)13-6-4-3-5-7-13/h3-7,14-15H,8-12H2,1-2H3. The number of piperazine rings is 1. The highest BCUT2D eigenvalue weighted by Crippen LogP contribution is 2.21. The molecule has 0 bridgehead atoms. The third-order valence-corrected chi connectivity index (χ3v) is 3.37. The van der Waals surface area contributed by atoms with E-state index in [1.54, 1.807) is 0 Å². The molecule has 1 saturated heterocycles. The molecule has 0 amide bonds. The average molecular weight is 233 g/mol. The Hall–Kier alpha value is -0.900. The summed E-state index contributed by atoms with van der Waals surface area (Å²) in [6.45, 7) is 5.60. The van der Waals surface area contributed by atoms with E-state index in [4.69, 9.17) is 0 Å². The second kappa shape index (κ2) is 6.15. The van der Waals surface area contributed by atoms with Crippen molar-refractivity contribution >= 4 is 0 Å². The molecule has 0 aliphatic carbocycles. The van der Waals surface area contributed by atoms with Crippen LogP contribution in [0.15, 0.2) is 30.3 Å². The van der Waals surface area contributed by atoms with Crippen LogP contribution in [0.3, 0.4) is 0 Å². The van der Waals surface area contributed by atoms with Gasteiger partial charge in [0.25, 0.3) is 0 Å². The minimum atomic E-state index is 0.532. The van der Waals surface area contributed by atoms with Gasteiger partial charge in [-0.15, -0.1) is 0 Å². The fourth-order valence-corrected chi connectivity index (χ4v) is 2.35. The van der Waals surface area contributed by atoms with Crippen molar-refractivity contribution in [3.63, 3.8) is 0 Å². The molecule has 1 aliphatic rings. The van der Waals surface area contributed by atoms with Crippen molar-refractivity contribution in [2.45, 2.75) is 6.04 Å². The summed E-state index contributed by atoms with van der Waals surface area (Å²) < 4.78 is 0. The lowest BCUT2D eigenvalue weighted by Crippen LogP contribution is -2.47. The normalized spacial score (nSPS) is 21.9. The highest BCUT2D eigenvalue weighted by Gasteiger charge is 2.22. The molecule has 17 heavy (non-hydrogen) atoms. The lowest BCUT2D eigenvalue weighted by atomic mass is 10.0. The first kappa shape index (κ1) is 12.6. The molecule has 1 aromatic carbocycles. The molecule has 1 atom stereocenters. The summed E-state index contributed by atoms with van der Waals surface area (Å²) in [5.74, 6) is 0. The van der Waals surface area contributed by atoms with Gasteiger partial charge >= 0.3 is 0 Å². The van der Waals surface area contributed by atoms with Crippen LogP contribution in [0.4, 0.5) is 0 Å². The highest BCUT2D eigenvalue weighted by atomic mass is 15.2. The van der Waals surface area contributed by atoms with E-state index >= 15 is 0 Å². The van der Waals surface area contributed by atoms with Crippen LogP contribution in [0.5, 0.6) is 0 Å². The van der Waals surface area contributed by atoms with Gasteiger partial charge in [-0.1, -0.05) is 30.3 Å². The molecule has 3 heteroatoms. The SMILES string of the molecule is CN(C)CCN1CCNCC1c1ccccc1. The molecule has 0 saturated carbocycles. The van der Waals surface area contributed by atoms with Crippen LogP contribution >= 0.6 is 0 Å². The van der Waals surface area contributed by atoms with Crippen LogP contribution in [0.2, 0.25) is 0 Å². The zero-order valence-corrected chi connectivity index (χ0v) is 10.9. The Morgan fingerprint density at radius 1 is 1.29 bits per heavy atom. The van der Waals surface area contributed by atoms with Crippen LogP contribution in [-0.2, 0) is 0 Å². The van der Waals surface area contributed by atoms with E-state index in [0.29, 0.717) is 6.04 Å². The lowest BCUT2D eigenvalue weighted by Gasteiger charge is -2.37. The molecule has 0 spiro atoms. The molecule has 0 aromatic heterocycles. The first-order valence-electron chi connectivity index (χ1n) is 6.42. The maximum Gasteiger partial charge on any atom is 0.0473 e. The molecule has 1 aromatic rings. The number of hydrogen-bond donors (Lipinski definition) is 1. The van der Waals surface area contributed by atoms with E-state index in [9.17, 15) is 0 Å². The van der Waals surface area contributed by atoms with E-state index in [1.807, 2.05) is 0 Å². The van der Waals surface area contributed by atoms with Crippen molar-refractivity contribution in [1.29, 1.82) is 0 Å². The van der Waals surface area contributed by atoms with Gasteiger partial charge in [0.05, 0.1) is 0 Å². The van der Waals surface area contributed by atoms with Gasteiger partial charge in [-0.25, -0.2) is 0 Å². The fourth-order valence-electron chi connectivity index (χ4n) is 2.35. The molecule has 1 aliphatic heterocycles. The summed E-state index contributed by atoms with van der Waals surface area (Å²) >= 11 is 0. The van der Waals surface area contributed by atoms with E-state index in [0.717, 1.165) is 32.7 Å². The van der Waals surface area contributed by atoms with Gasteiger partial charge in [0.1, 0.15) is 0 Å². The Balaban J connectivity index is 2.02. The van der Waals surface area contributed by atoms with Crippen LogP contribution < -0.4 is 5.32 Å². The summed E-state index contributed by atoms with van der Waals surface area (Å²) in [4.78, 5) is 4.84. The predicted octanol–water partition coefficient (Wildman–Crippen LogP) is 1.19. The Morgan fingerprint density at radius 2 is 2.06 bits per heavy atom. The molecule has 0 radical (unpaired) electrons. The monoisotopic (exact) mass is 233 g/mol. The van der Waals surface area contributed by atoms with Crippen molar-refractivity contribution in [2.75, 3.05) is 46.8 Å². The summed E-state index contributed by atoms with van der Waals surface area (Å²) in [7, 11) is 4.28. The minimum Gasteiger partial charge on any atom is -0.314 e. The number of likely N-dealkylation sites (N-methyl/N-ethyl adjacent to an activating group) is 1. The molecular weight excluding hydrogens is 210 g/mol. The molecule has 1 N–H and O–H groups in total. The van der Waals surface area contributed by atoms with Gasteiger partial charge in [0, 0.05) is 38.8 Å². The van der Waals surface area contributed by atoms with Crippen molar-refractivity contribution in [3.05, 3.63) is 35.9 Å². The van der Waals surface area contributed by atoms with E-state index in [-0.39, 0.29) is 0 Å². The Bertz CT molecular complexity index is 323. The van der Waals surface area contributed by atoms with Gasteiger partial charge in [0.2, 0.25) is 0 Å². The van der Waals surface area contributed by atoms with Crippen molar-refractivity contribution in [2.24, 2.45) is 0 Å². The zero-order chi connectivity index (χ0) is 12.1. The Kier molecular flexibility index (Phi) is 4.54. The zero-order valence-electron chi connectivity index (χ0n) is 10.9. The number of nitrogens with zero attached hydrogens (tertiary/aromatic N) is 2. The topological polar surface area (TPSA) is 18.5 Å². The summed E-state index contributed by atoms with van der Waals surface area (Å²) in [6, 6.07) is 11.4. The molecule has 1 fully saturated rings. The second-order valence-corrected chi connectivity index (χ2v) is 4.97. The molecule has 3 nitrogen and oxygen atoms in total. The highest BCUT2D eigenvalue weighted by molar-refractivity contribution is 5.20. The van der Waals surface area contributed by atoms with Gasteiger partial charge in [-0.3, -0.25) is 4.90 Å². The Labute approximate surface area is 104 Å². The maximum absolute atomic E-state index is 3.50.